The van der Waals surface area contributed by atoms with Crippen molar-refractivity contribution in [2.45, 2.75) is 47.6 Å². The van der Waals surface area contributed by atoms with Crippen LogP contribution in [0.1, 0.15) is 71.8 Å². The molecule has 0 radical (unpaired) electrons. The fourth-order valence-electron chi connectivity index (χ4n) is 3.52. The Morgan fingerprint density at radius 3 is 2.53 bits per heavy atom. The van der Waals surface area contributed by atoms with Crippen molar-refractivity contribution in [1.29, 1.82) is 0 Å². The number of nitrogens with two attached hydrogens (primary N) is 2. The van der Waals surface area contributed by atoms with Gasteiger partial charge in [-0.1, -0.05) is 33.4 Å². The molecule has 2 amide bonds. The number of anilines is 1. The number of nitrogens with one attached hydrogen (secondary N) is 1. The summed E-state index contributed by atoms with van der Waals surface area (Å²) in [6.45, 7) is 7.97. The molecule has 1 aromatic heterocycles. The molecule has 0 fully saturated rings. The highest BCUT2D eigenvalue weighted by Gasteiger charge is 2.24. The number of nitrogens with zero attached hydrogens (tertiary/aromatic N) is 2. The molecule has 0 spiro atoms. The maximum absolute atomic E-state index is 13.5. The first-order valence-corrected chi connectivity index (χ1v) is 10.6. The summed E-state index contributed by atoms with van der Waals surface area (Å²) in [5.41, 5.74) is 14.8. The van der Waals surface area contributed by atoms with E-state index in [1.165, 1.54) is 16.8 Å². The summed E-state index contributed by atoms with van der Waals surface area (Å²) in [5.74, 6) is -1.12. The van der Waals surface area contributed by atoms with Crippen molar-refractivity contribution < 1.29 is 18.7 Å². The second-order valence-electron chi connectivity index (χ2n) is 7.96. The fourth-order valence-corrected chi connectivity index (χ4v) is 3.52. The predicted molar refractivity (Wildman–Crippen MR) is 131 cm³/mol. The van der Waals surface area contributed by atoms with E-state index in [1.807, 2.05) is 20.8 Å². The highest BCUT2D eigenvalue weighted by atomic mass is 19.1. The van der Waals surface area contributed by atoms with Crippen molar-refractivity contribution in [3.05, 3.63) is 70.3 Å². The standard InChI is InChI=1S/C24H28FN5O3.CH4/c1-5-33-19-10-15(12-28-24(32)17-11-16(25)8-6-14(17)4)7-9-18(19)30-22(23(27)31)20(26)21(29-30)13(2)3;/h6-11,13H,5,12,26H2,1-4H3,(H2,27,31)(H,28,32);1H4. The van der Waals surface area contributed by atoms with Gasteiger partial charge in [-0.15, -0.1) is 0 Å². The molecular weight excluding hydrogens is 437 g/mol. The van der Waals surface area contributed by atoms with Crippen molar-refractivity contribution in [2.24, 2.45) is 5.73 Å². The molecule has 0 saturated heterocycles. The number of nitrogen functional groups attached to an aromatic ring is 1. The van der Waals surface area contributed by atoms with E-state index in [-0.39, 0.29) is 42.7 Å². The first kappa shape index (κ1) is 26.4. The van der Waals surface area contributed by atoms with Gasteiger partial charge < -0.3 is 21.5 Å². The Labute approximate surface area is 199 Å². The van der Waals surface area contributed by atoms with Crippen LogP contribution in [0.5, 0.6) is 5.75 Å². The van der Waals surface area contributed by atoms with E-state index in [0.717, 1.165) is 5.56 Å². The van der Waals surface area contributed by atoms with Gasteiger partial charge >= 0.3 is 0 Å². The molecule has 3 rings (SSSR count). The molecule has 0 aliphatic rings. The van der Waals surface area contributed by atoms with Crippen molar-refractivity contribution in [3.63, 3.8) is 0 Å². The molecule has 34 heavy (non-hydrogen) atoms. The van der Waals surface area contributed by atoms with E-state index >= 15 is 0 Å². The van der Waals surface area contributed by atoms with Crippen LogP contribution in [0.2, 0.25) is 0 Å². The molecule has 0 aliphatic carbocycles. The number of ether oxygens (including phenoxy) is 1. The minimum atomic E-state index is -0.698. The van der Waals surface area contributed by atoms with Crippen LogP contribution >= 0.6 is 0 Å². The first-order valence-electron chi connectivity index (χ1n) is 10.6. The van der Waals surface area contributed by atoms with E-state index in [9.17, 15) is 14.0 Å². The minimum absolute atomic E-state index is 0. The van der Waals surface area contributed by atoms with Crippen LogP contribution in [-0.2, 0) is 6.54 Å². The van der Waals surface area contributed by atoms with Gasteiger partial charge in [-0.25, -0.2) is 9.07 Å². The molecule has 0 atom stereocenters. The van der Waals surface area contributed by atoms with Gasteiger partial charge in [0.2, 0.25) is 0 Å². The number of aromatic nitrogens is 2. The summed E-state index contributed by atoms with van der Waals surface area (Å²) in [6.07, 6.45) is 0. The Bertz CT molecular complexity index is 1200. The Hall–Kier alpha value is -3.88. The Morgan fingerprint density at radius 2 is 1.91 bits per heavy atom. The van der Waals surface area contributed by atoms with Crippen molar-refractivity contribution in [2.75, 3.05) is 12.3 Å². The molecule has 2 aromatic carbocycles. The monoisotopic (exact) mass is 469 g/mol. The largest absolute Gasteiger partial charge is 0.492 e. The van der Waals surface area contributed by atoms with Gasteiger partial charge in [0.25, 0.3) is 11.8 Å². The van der Waals surface area contributed by atoms with Gasteiger partial charge in [0.05, 0.1) is 18.0 Å². The number of hydrogen-bond donors (Lipinski definition) is 3. The lowest BCUT2D eigenvalue weighted by Crippen LogP contribution is -2.24. The third kappa shape index (κ3) is 5.36. The number of benzene rings is 2. The summed E-state index contributed by atoms with van der Waals surface area (Å²) in [7, 11) is 0. The van der Waals surface area contributed by atoms with Crippen LogP contribution in [0, 0.1) is 12.7 Å². The molecule has 3 aromatic rings. The third-order valence-electron chi connectivity index (χ3n) is 5.18. The van der Waals surface area contributed by atoms with Crippen molar-refractivity contribution >= 4 is 17.5 Å². The highest BCUT2D eigenvalue weighted by Crippen LogP contribution is 2.31. The Balaban J connectivity index is 0.00000408. The number of hydrogen-bond acceptors (Lipinski definition) is 5. The van der Waals surface area contributed by atoms with E-state index in [1.54, 1.807) is 31.2 Å². The molecule has 5 N–H and O–H groups in total. The van der Waals surface area contributed by atoms with Crippen LogP contribution in [0.15, 0.2) is 36.4 Å². The molecule has 182 valence electrons. The van der Waals surface area contributed by atoms with Gasteiger partial charge in [-0.05, 0) is 55.2 Å². The molecule has 9 heteroatoms. The van der Waals surface area contributed by atoms with Gasteiger partial charge in [-0.3, -0.25) is 9.59 Å². The second kappa shape index (κ2) is 10.8. The van der Waals surface area contributed by atoms with E-state index in [0.29, 0.717) is 29.3 Å². The summed E-state index contributed by atoms with van der Waals surface area (Å²) in [6, 6.07) is 9.32. The van der Waals surface area contributed by atoms with Gasteiger partial charge in [0, 0.05) is 12.1 Å². The number of primary amides is 1. The summed E-state index contributed by atoms with van der Waals surface area (Å²) in [4.78, 5) is 24.6. The second-order valence-corrected chi connectivity index (χ2v) is 7.96. The lowest BCUT2D eigenvalue weighted by atomic mass is 10.1. The van der Waals surface area contributed by atoms with Crippen LogP contribution in [0.4, 0.5) is 10.1 Å². The average molecular weight is 470 g/mol. The van der Waals surface area contributed by atoms with Crippen LogP contribution in [0.3, 0.4) is 0 Å². The molecular formula is C25H32FN5O3. The molecule has 0 unspecified atom stereocenters. The zero-order valence-corrected chi connectivity index (χ0v) is 19.1. The summed E-state index contributed by atoms with van der Waals surface area (Å²) < 4.78 is 20.7. The number of aryl methyl sites for hydroxylation is 1. The number of rotatable bonds is 8. The molecule has 0 saturated carbocycles. The highest BCUT2D eigenvalue weighted by molar-refractivity contribution is 5.97. The lowest BCUT2D eigenvalue weighted by molar-refractivity contribution is 0.0948. The SMILES string of the molecule is C.CCOc1cc(CNC(=O)c2cc(F)ccc2C)ccc1-n1nc(C(C)C)c(N)c1C(N)=O. The summed E-state index contributed by atoms with van der Waals surface area (Å²) in [5, 5.41) is 7.30. The van der Waals surface area contributed by atoms with E-state index in [2.05, 4.69) is 10.4 Å². The number of carbonyl (C=O) groups excluding carboxylic acids is 2. The minimum Gasteiger partial charge on any atom is -0.492 e. The van der Waals surface area contributed by atoms with Crippen molar-refractivity contribution in [3.8, 4) is 11.4 Å². The van der Waals surface area contributed by atoms with Crippen molar-refractivity contribution in [1.82, 2.24) is 15.1 Å². The predicted octanol–water partition coefficient (Wildman–Crippen LogP) is 4.09. The summed E-state index contributed by atoms with van der Waals surface area (Å²) >= 11 is 0. The molecule has 8 nitrogen and oxygen atoms in total. The lowest BCUT2D eigenvalue weighted by Gasteiger charge is -2.14. The van der Waals surface area contributed by atoms with Gasteiger partial charge in [0.15, 0.2) is 5.69 Å². The molecule has 0 aliphatic heterocycles. The zero-order chi connectivity index (χ0) is 24.3. The van der Waals surface area contributed by atoms with Gasteiger partial charge in [-0.2, -0.15) is 5.10 Å². The normalized spacial score (nSPS) is 10.6. The Morgan fingerprint density at radius 1 is 1.21 bits per heavy atom. The molecule has 1 heterocycles. The third-order valence-corrected chi connectivity index (χ3v) is 5.18. The number of amides is 2. The Kier molecular flexibility index (Phi) is 8.40. The van der Waals surface area contributed by atoms with E-state index < -0.39 is 11.7 Å². The number of halogens is 1. The smallest absolute Gasteiger partial charge is 0.269 e. The van der Waals surface area contributed by atoms with Crippen LogP contribution in [-0.4, -0.2) is 28.2 Å². The first-order chi connectivity index (χ1) is 15.6. The zero-order valence-electron chi connectivity index (χ0n) is 19.1. The fraction of sp³-hybridized carbons (Fsp3) is 0.320. The van der Waals surface area contributed by atoms with E-state index in [4.69, 9.17) is 16.2 Å². The molecule has 0 bridgehead atoms. The van der Waals surface area contributed by atoms with Gasteiger partial charge in [0.1, 0.15) is 17.3 Å². The maximum atomic E-state index is 13.5. The quantitative estimate of drug-likeness (QED) is 0.458. The van der Waals surface area contributed by atoms with Crippen LogP contribution in [0.25, 0.3) is 5.69 Å². The average Bonchev–Trinajstić information content (AvgIpc) is 3.11. The number of carbonyl (C=O) groups is 2. The topological polar surface area (TPSA) is 125 Å². The van der Waals surface area contributed by atoms with Crippen LogP contribution < -0.4 is 21.5 Å². The maximum Gasteiger partial charge on any atom is 0.269 e.